The molecule has 2 rings (SSSR count). The number of allylic oxidation sites excluding steroid dienone is 2. The normalized spacial score (nSPS) is 12.3. The summed E-state index contributed by atoms with van der Waals surface area (Å²) in [7, 11) is 1.68. The third-order valence-corrected chi connectivity index (χ3v) is 3.03. The zero-order valence-electron chi connectivity index (χ0n) is 11.1. The van der Waals surface area contributed by atoms with Crippen molar-refractivity contribution in [2.75, 3.05) is 7.11 Å². The van der Waals surface area contributed by atoms with Gasteiger partial charge in [-0.1, -0.05) is 60.7 Å². The fourth-order valence-electron chi connectivity index (χ4n) is 1.95. The van der Waals surface area contributed by atoms with Crippen molar-refractivity contribution in [1.29, 1.82) is 0 Å². The lowest BCUT2D eigenvalue weighted by molar-refractivity contribution is 0.414. The molecule has 0 aromatic heterocycles. The maximum Gasteiger partial charge on any atom is 0.119 e. The summed E-state index contributed by atoms with van der Waals surface area (Å²) in [5, 5.41) is 0. The Morgan fingerprint density at radius 2 is 1.84 bits per heavy atom. The lowest BCUT2D eigenvalue weighted by Gasteiger charge is -2.09. The molecule has 0 aliphatic rings. The van der Waals surface area contributed by atoms with E-state index in [9.17, 15) is 0 Å². The predicted octanol–water partition coefficient (Wildman–Crippen LogP) is 4.68. The molecule has 0 heterocycles. The van der Waals surface area contributed by atoms with Gasteiger partial charge in [0.1, 0.15) is 5.75 Å². The summed E-state index contributed by atoms with van der Waals surface area (Å²) in [4.78, 5) is 0. The largest absolute Gasteiger partial charge is 0.497 e. The summed E-state index contributed by atoms with van der Waals surface area (Å²) in [6.45, 7) is 3.91. The smallest absolute Gasteiger partial charge is 0.119 e. The molecule has 0 radical (unpaired) electrons. The number of rotatable bonds is 5. The first kappa shape index (κ1) is 13.2. The van der Waals surface area contributed by atoms with Crippen LogP contribution in [0.25, 0.3) is 6.08 Å². The first-order valence-electron chi connectivity index (χ1n) is 6.33. The molecule has 0 spiro atoms. The van der Waals surface area contributed by atoms with Gasteiger partial charge in [-0.05, 0) is 23.3 Å². The van der Waals surface area contributed by atoms with E-state index in [1.807, 2.05) is 42.5 Å². The zero-order valence-corrected chi connectivity index (χ0v) is 11.1. The molecule has 0 saturated heterocycles. The highest BCUT2D eigenvalue weighted by molar-refractivity contribution is 5.51. The van der Waals surface area contributed by atoms with Crippen LogP contribution in [0.2, 0.25) is 0 Å². The van der Waals surface area contributed by atoms with Crippen LogP contribution in [0.5, 0.6) is 5.75 Å². The molecule has 19 heavy (non-hydrogen) atoms. The van der Waals surface area contributed by atoms with Gasteiger partial charge in [-0.3, -0.25) is 0 Å². The molecule has 96 valence electrons. The SMILES string of the molecule is C=CC(/C=C/c1ccccc1)c1cccc(OC)c1. The molecule has 0 fully saturated rings. The monoisotopic (exact) mass is 250 g/mol. The second-order valence-corrected chi connectivity index (χ2v) is 4.31. The summed E-state index contributed by atoms with van der Waals surface area (Å²) >= 11 is 0. The van der Waals surface area contributed by atoms with Crippen LogP contribution in [-0.4, -0.2) is 7.11 Å². The highest BCUT2D eigenvalue weighted by atomic mass is 16.5. The Labute approximate surface area is 114 Å². The second-order valence-electron chi connectivity index (χ2n) is 4.31. The molecule has 2 aromatic rings. The lowest BCUT2D eigenvalue weighted by Crippen LogP contribution is -1.92. The van der Waals surface area contributed by atoms with Crippen LogP contribution >= 0.6 is 0 Å². The van der Waals surface area contributed by atoms with Gasteiger partial charge in [-0.2, -0.15) is 0 Å². The highest BCUT2D eigenvalue weighted by Crippen LogP contribution is 2.23. The summed E-state index contributed by atoms with van der Waals surface area (Å²) in [5.74, 6) is 1.06. The van der Waals surface area contributed by atoms with Crippen LogP contribution in [0.1, 0.15) is 17.0 Å². The topological polar surface area (TPSA) is 9.23 Å². The van der Waals surface area contributed by atoms with E-state index in [0.29, 0.717) is 0 Å². The third kappa shape index (κ3) is 3.59. The Morgan fingerprint density at radius 1 is 1.05 bits per heavy atom. The zero-order chi connectivity index (χ0) is 13.5. The number of benzene rings is 2. The van der Waals surface area contributed by atoms with Gasteiger partial charge < -0.3 is 4.74 Å². The number of ether oxygens (including phenoxy) is 1. The Morgan fingerprint density at radius 3 is 2.53 bits per heavy atom. The van der Waals surface area contributed by atoms with E-state index in [4.69, 9.17) is 4.74 Å². The standard InChI is InChI=1S/C18H18O/c1-3-16(13-12-15-8-5-4-6-9-15)17-10-7-11-18(14-17)19-2/h3-14,16H,1H2,2H3/b13-12+. The first-order chi connectivity index (χ1) is 9.33. The van der Waals surface area contributed by atoms with E-state index in [1.165, 1.54) is 11.1 Å². The maximum absolute atomic E-state index is 5.25. The van der Waals surface area contributed by atoms with Gasteiger partial charge in [0.15, 0.2) is 0 Å². The summed E-state index contributed by atoms with van der Waals surface area (Å²) in [5.41, 5.74) is 2.37. The van der Waals surface area contributed by atoms with Crippen LogP contribution in [0.15, 0.2) is 73.3 Å². The van der Waals surface area contributed by atoms with E-state index < -0.39 is 0 Å². The number of hydrogen-bond acceptors (Lipinski definition) is 1. The summed E-state index contributed by atoms with van der Waals surface area (Å²) in [6.07, 6.45) is 6.21. The van der Waals surface area contributed by atoms with Crippen LogP contribution in [-0.2, 0) is 0 Å². The molecule has 1 atom stereocenters. The third-order valence-electron chi connectivity index (χ3n) is 3.03. The van der Waals surface area contributed by atoms with Crippen molar-refractivity contribution in [3.8, 4) is 5.75 Å². The van der Waals surface area contributed by atoms with Crippen LogP contribution < -0.4 is 4.74 Å². The minimum atomic E-state index is 0.190. The van der Waals surface area contributed by atoms with Gasteiger partial charge in [-0.25, -0.2) is 0 Å². The van der Waals surface area contributed by atoms with Crippen molar-refractivity contribution in [2.45, 2.75) is 5.92 Å². The molecule has 0 aliphatic heterocycles. The van der Waals surface area contributed by atoms with E-state index in [2.05, 4.69) is 36.9 Å². The Balaban J connectivity index is 2.20. The molecular formula is C18H18O. The van der Waals surface area contributed by atoms with Gasteiger partial charge >= 0.3 is 0 Å². The molecule has 0 aliphatic carbocycles. The van der Waals surface area contributed by atoms with Crippen molar-refractivity contribution in [3.05, 3.63) is 84.5 Å². The predicted molar refractivity (Wildman–Crippen MR) is 81.4 cm³/mol. The van der Waals surface area contributed by atoms with Gasteiger partial charge in [0.25, 0.3) is 0 Å². The highest BCUT2D eigenvalue weighted by Gasteiger charge is 2.04. The Kier molecular flexibility index (Phi) is 4.57. The fraction of sp³-hybridized carbons (Fsp3) is 0.111. The first-order valence-corrected chi connectivity index (χ1v) is 6.33. The molecule has 1 unspecified atom stereocenters. The summed E-state index contributed by atoms with van der Waals surface area (Å²) < 4.78 is 5.25. The molecule has 0 amide bonds. The average Bonchev–Trinajstić information content (AvgIpc) is 2.49. The molecule has 0 N–H and O–H groups in total. The Hall–Kier alpha value is -2.28. The van der Waals surface area contributed by atoms with E-state index >= 15 is 0 Å². The lowest BCUT2D eigenvalue weighted by atomic mass is 9.97. The Bertz CT molecular complexity index is 555. The number of methoxy groups -OCH3 is 1. The van der Waals surface area contributed by atoms with Crippen LogP contribution in [0, 0.1) is 0 Å². The molecule has 0 saturated carbocycles. The van der Waals surface area contributed by atoms with Crippen molar-refractivity contribution in [2.24, 2.45) is 0 Å². The fourth-order valence-corrected chi connectivity index (χ4v) is 1.95. The van der Waals surface area contributed by atoms with E-state index in [-0.39, 0.29) is 5.92 Å². The quantitative estimate of drug-likeness (QED) is 0.700. The van der Waals surface area contributed by atoms with Crippen molar-refractivity contribution < 1.29 is 4.74 Å². The van der Waals surface area contributed by atoms with Crippen LogP contribution in [0.3, 0.4) is 0 Å². The maximum atomic E-state index is 5.25. The van der Waals surface area contributed by atoms with Crippen molar-refractivity contribution in [1.82, 2.24) is 0 Å². The van der Waals surface area contributed by atoms with E-state index in [1.54, 1.807) is 7.11 Å². The molecule has 2 aromatic carbocycles. The van der Waals surface area contributed by atoms with Gasteiger partial charge in [-0.15, -0.1) is 6.58 Å². The molecule has 1 heteroatoms. The molecule has 0 bridgehead atoms. The molecule has 1 nitrogen and oxygen atoms in total. The molecular weight excluding hydrogens is 232 g/mol. The minimum absolute atomic E-state index is 0.190. The van der Waals surface area contributed by atoms with Crippen molar-refractivity contribution >= 4 is 6.08 Å². The van der Waals surface area contributed by atoms with Gasteiger partial charge in [0.2, 0.25) is 0 Å². The minimum Gasteiger partial charge on any atom is -0.497 e. The van der Waals surface area contributed by atoms with E-state index in [0.717, 1.165) is 5.75 Å². The van der Waals surface area contributed by atoms with Crippen molar-refractivity contribution in [3.63, 3.8) is 0 Å². The second kappa shape index (κ2) is 6.60. The summed E-state index contributed by atoms with van der Waals surface area (Å²) in [6, 6.07) is 18.3. The van der Waals surface area contributed by atoms with Crippen LogP contribution in [0.4, 0.5) is 0 Å². The number of hydrogen-bond donors (Lipinski definition) is 0. The van der Waals surface area contributed by atoms with Gasteiger partial charge in [0.05, 0.1) is 7.11 Å². The van der Waals surface area contributed by atoms with Gasteiger partial charge in [0, 0.05) is 5.92 Å². The average molecular weight is 250 g/mol.